The van der Waals surface area contributed by atoms with Crippen molar-refractivity contribution in [3.63, 3.8) is 0 Å². The lowest BCUT2D eigenvalue weighted by atomic mass is 9.94. The van der Waals surface area contributed by atoms with Crippen LogP contribution in [0.2, 0.25) is 0 Å². The van der Waals surface area contributed by atoms with Crippen molar-refractivity contribution < 1.29 is 13.9 Å². The molecular formula is C8H12N2O3S. The van der Waals surface area contributed by atoms with Crippen molar-refractivity contribution in [2.24, 2.45) is 0 Å². The van der Waals surface area contributed by atoms with E-state index in [0.717, 1.165) is 12.8 Å². The Hall–Kier alpha value is -0.720. The van der Waals surface area contributed by atoms with Gasteiger partial charge in [0.2, 0.25) is 5.89 Å². The summed E-state index contributed by atoms with van der Waals surface area (Å²) in [7, 11) is 1.65. The lowest BCUT2D eigenvalue weighted by Crippen LogP contribution is -2.35. The zero-order valence-corrected chi connectivity index (χ0v) is 8.73. The van der Waals surface area contributed by atoms with Gasteiger partial charge in [-0.25, -0.2) is 5.10 Å². The number of hydrogen-bond donors (Lipinski definition) is 1. The van der Waals surface area contributed by atoms with E-state index in [1.165, 1.54) is 0 Å². The number of aromatic amines is 1. The monoisotopic (exact) mass is 216 g/mol. The Labute approximate surface area is 86.4 Å². The van der Waals surface area contributed by atoms with E-state index in [2.05, 4.69) is 10.2 Å². The van der Waals surface area contributed by atoms with Crippen LogP contribution in [0, 0.1) is 4.84 Å². The van der Waals surface area contributed by atoms with Crippen LogP contribution in [0.1, 0.15) is 18.7 Å². The van der Waals surface area contributed by atoms with Crippen molar-refractivity contribution in [2.75, 3.05) is 20.3 Å². The molecule has 1 aromatic heterocycles. The van der Waals surface area contributed by atoms with Crippen LogP contribution in [-0.4, -0.2) is 30.5 Å². The van der Waals surface area contributed by atoms with Gasteiger partial charge in [-0.2, -0.15) is 0 Å². The number of hydrogen-bond acceptors (Lipinski definition) is 5. The fourth-order valence-electron chi connectivity index (χ4n) is 1.63. The predicted molar refractivity (Wildman–Crippen MR) is 50.4 cm³/mol. The number of nitrogens with one attached hydrogen (secondary N) is 1. The number of aromatic nitrogens is 2. The summed E-state index contributed by atoms with van der Waals surface area (Å²) >= 11 is 4.83. The van der Waals surface area contributed by atoms with Gasteiger partial charge in [-0.3, -0.25) is 0 Å². The van der Waals surface area contributed by atoms with Crippen molar-refractivity contribution >= 4 is 12.2 Å². The summed E-state index contributed by atoms with van der Waals surface area (Å²) in [4.78, 5) is 0.280. The average Bonchev–Trinajstić information content (AvgIpc) is 2.66. The molecule has 0 amide bonds. The normalized spacial score (nSPS) is 20.9. The van der Waals surface area contributed by atoms with E-state index in [0.29, 0.717) is 19.1 Å². The van der Waals surface area contributed by atoms with Gasteiger partial charge in [0.05, 0.1) is 0 Å². The lowest BCUT2D eigenvalue weighted by molar-refractivity contribution is -0.109. The second-order valence-corrected chi connectivity index (χ2v) is 3.60. The lowest BCUT2D eigenvalue weighted by Gasteiger charge is -2.32. The molecule has 0 aromatic carbocycles. The van der Waals surface area contributed by atoms with Crippen LogP contribution >= 0.6 is 12.2 Å². The first kappa shape index (κ1) is 9.82. The molecule has 0 aliphatic carbocycles. The fraction of sp³-hybridized carbons (Fsp3) is 0.750. The van der Waals surface area contributed by atoms with Gasteiger partial charge in [0.15, 0.2) is 0 Å². The zero-order valence-electron chi connectivity index (χ0n) is 7.91. The Bertz CT molecular complexity index is 353. The molecule has 1 fully saturated rings. The topological polar surface area (TPSA) is 60.3 Å². The van der Waals surface area contributed by atoms with Crippen molar-refractivity contribution in [3.05, 3.63) is 10.7 Å². The first-order valence-electron chi connectivity index (χ1n) is 4.46. The highest BCUT2D eigenvalue weighted by Crippen LogP contribution is 2.33. The Morgan fingerprint density at radius 2 is 2.21 bits per heavy atom. The molecular weight excluding hydrogens is 204 g/mol. The zero-order chi connectivity index (χ0) is 10.0. The van der Waals surface area contributed by atoms with Crippen LogP contribution < -0.4 is 0 Å². The second-order valence-electron chi connectivity index (χ2n) is 3.23. The molecule has 2 heterocycles. The van der Waals surface area contributed by atoms with Gasteiger partial charge in [0.25, 0.3) is 4.84 Å². The summed E-state index contributed by atoms with van der Waals surface area (Å²) in [5, 5.41) is 6.61. The molecule has 0 saturated carbocycles. The van der Waals surface area contributed by atoms with E-state index in [4.69, 9.17) is 26.1 Å². The number of methoxy groups -OCH3 is 1. The van der Waals surface area contributed by atoms with Crippen LogP contribution in [0.3, 0.4) is 0 Å². The van der Waals surface area contributed by atoms with Crippen LogP contribution in [-0.2, 0) is 15.1 Å². The van der Waals surface area contributed by atoms with E-state index >= 15 is 0 Å². The van der Waals surface area contributed by atoms with Gasteiger partial charge in [-0.15, -0.1) is 5.10 Å². The van der Waals surface area contributed by atoms with Gasteiger partial charge in [-0.05, 0) is 12.2 Å². The van der Waals surface area contributed by atoms with Crippen molar-refractivity contribution in [1.82, 2.24) is 10.2 Å². The van der Waals surface area contributed by atoms with Crippen molar-refractivity contribution in [3.8, 4) is 0 Å². The molecule has 0 atom stereocenters. The first-order chi connectivity index (χ1) is 6.77. The summed E-state index contributed by atoms with van der Waals surface area (Å²) < 4.78 is 16.0. The molecule has 6 heteroatoms. The van der Waals surface area contributed by atoms with E-state index in [-0.39, 0.29) is 4.84 Å². The van der Waals surface area contributed by atoms with Crippen molar-refractivity contribution in [2.45, 2.75) is 18.4 Å². The van der Waals surface area contributed by atoms with E-state index in [9.17, 15) is 0 Å². The SMILES string of the molecule is COC1(c2n[nH]c(=S)o2)CCOCC1. The summed E-state index contributed by atoms with van der Waals surface area (Å²) in [6.45, 7) is 1.31. The van der Waals surface area contributed by atoms with Gasteiger partial charge >= 0.3 is 0 Å². The Balaban J connectivity index is 2.31. The molecule has 1 aliphatic heterocycles. The van der Waals surface area contributed by atoms with Crippen molar-refractivity contribution in [1.29, 1.82) is 0 Å². The van der Waals surface area contributed by atoms with Crippen LogP contribution in [0.5, 0.6) is 0 Å². The summed E-state index contributed by atoms with van der Waals surface area (Å²) in [6.07, 6.45) is 1.49. The quantitative estimate of drug-likeness (QED) is 0.757. The number of nitrogens with zero attached hydrogens (tertiary/aromatic N) is 1. The van der Waals surface area contributed by atoms with E-state index in [1.54, 1.807) is 7.11 Å². The largest absolute Gasteiger partial charge is 0.411 e. The Morgan fingerprint density at radius 1 is 1.50 bits per heavy atom. The molecule has 0 spiro atoms. The maximum Gasteiger partial charge on any atom is 0.284 e. The average molecular weight is 216 g/mol. The van der Waals surface area contributed by atoms with Crippen LogP contribution in [0.4, 0.5) is 0 Å². The van der Waals surface area contributed by atoms with Crippen LogP contribution in [0.25, 0.3) is 0 Å². The maximum absolute atomic E-state index is 5.48. The number of ether oxygens (including phenoxy) is 2. The smallest absolute Gasteiger partial charge is 0.284 e. The van der Waals surface area contributed by atoms with Gasteiger partial charge < -0.3 is 13.9 Å². The Morgan fingerprint density at radius 3 is 2.71 bits per heavy atom. The molecule has 78 valence electrons. The van der Waals surface area contributed by atoms with Gasteiger partial charge in [0.1, 0.15) is 5.60 Å². The minimum absolute atomic E-state index is 0.280. The molecule has 2 rings (SSSR count). The third-order valence-electron chi connectivity index (χ3n) is 2.52. The second kappa shape index (κ2) is 3.80. The molecule has 0 radical (unpaired) electrons. The highest BCUT2D eigenvalue weighted by atomic mass is 32.1. The van der Waals surface area contributed by atoms with E-state index < -0.39 is 5.60 Å². The first-order valence-corrected chi connectivity index (χ1v) is 4.86. The Kier molecular flexibility index (Phi) is 2.66. The van der Waals surface area contributed by atoms with E-state index in [1.807, 2.05) is 0 Å². The standard InChI is InChI=1S/C8H12N2O3S/c1-11-8(2-4-12-5-3-8)6-9-10-7(14)13-6/h2-5H2,1H3,(H,10,14). The van der Waals surface area contributed by atoms with Crippen LogP contribution in [0.15, 0.2) is 4.42 Å². The molecule has 1 N–H and O–H groups in total. The minimum atomic E-state index is -0.466. The third-order valence-corrected chi connectivity index (χ3v) is 2.69. The van der Waals surface area contributed by atoms with Gasteiger partial charge in [-0.1, -0.05) is 0 Å². The highest BCUT2D eigenvalue weighted by molar-refractivity contribution is 7.71. The third kappa shape index (κ3) is 1.60. The predicted octanol–water partition coefficient (Wildman–Crippen LogP) is 1.38. The molecule has 14 heavy (non-hydrogen) atoms. The maximum atomic E-state index is 5.48. The number of rotatable bonds is 2. The summed E-state index contributed by atoms with van der Waals surface area (Å²) in [6, 6.07) is 0. The molecule has 1 aromatic rings. The molecule has 0 bridgehead atoms. The highest BCUT2D eigenvalue weighted by Gasteiger charge is 2.39. The fourth-order valence-corrected chi connectivity index (χ4v) is 1.76. The minimum Gasteiger partial charge on any atom is -0.411 e. The molecule has 5 nitrogen and oxygen atoms in total. The summed E-state index contributed by atoms with van der Waals surface area (Å²) in [5.74, 6) is 0.522. The van der Waals surface area contributed by atoms with Gasteiger partial charge in [0, 0.05) is 33.2 Å². The molecule has 1 aliphatic rings. The molecule has 1 saturated heterocycles. The number of H-pyrrole nitrogens is 1. The molecule has 0 unspecified atom stereocenters. The summed E-state index contributed by atoms with van der Waals surface area (Å²) in [5.41, 5.74) is -0.466.